The highest BCUT2D eigenvalue weighted by Gasteiger charge is 2.54. The Morgan fingerprint density at radius 3 is 0.909 bits per heavy atom. The molecule has 13 nitrogen and oxygen atoms in total. The van der Waals surface area contributed by atoms with E-state index in [-0.39, 0.29) is 30.0 Å². The zero-order valence-corrected chi connectivity index (χ0v) is 40.9. The lowest BCUT2D eigenvalue weighted by atomic mass is 10.9. The van der Waals surface area contributed by atoms with Crippen LogP contribution >= 0.6 is 0 Å². The molecule has 0 heterocycles. The fraction of sp³-hybridized carbons (Fsp3) is 1.00. The molecule has 0 aromatic rings. The molecule has 0 unspecified atom stereocenters. The summed E-state index contributed by atoms with van der Waals surface area (Å²) >= 11 is 0. The number of hydrogen-bond acceptors (Lipinski definition) is 13. The summed E-state index contributed by atoms with van der Waals surface area (Å²) in [5, 5.41) is 0. The second kappa shape index (κ2) is 19.9. The zero-order valence-electron chi connectivity index (χ0n) is 29.9. The van der Waals surface area contributed by atoms with Crippen molar-refractivity contribution in [3.8, 4) is 0 Å². The first-order valence-electron chi connectivity index (χ1n) is 14.7. The molecule has 44 heavy (non-hydrogen) atoms. The monoisotopic (exact) mass is 813 g/mol. The molecule has 0 aliphatic heterocycles. The fourth-order valence-electron chi connectivity index (χ4n) is 4.42. The first kappa shape index (κ1) is 45.9. The molecule has 0 saturated heterocycles. The Morgan fingerprint density at radius 2 is 0.659 bits per heavy atom. The van der Waals surface area contributed by atoms with Gasteiger partial charge in [0.15, 0.2) is 9.04 Å². The molecule has 0 aromatic heterocycles. The van der Waals surface area contributed by atoms with E-state index in [0.717, 1.165) is 0 Å². The standard InChI is InChI=1S/C20H57O13Si11/c1-18-21-34-24-44(25-35-22-19-2,26-36-23-20-3)33-43(16,17)32-42(14,15)31-41(12,13)30-40(10,11)29-39(8,9)28-38(6,7)27-37(4)5/h18-20H2,1-17H3. The Hall–Kier alpha value is 1.87. The summed E-state index contributed by atoms with van der Waals surface area (Å²) in [6, 6.07) is 0. The van der Waals surface area contributed by atoms with Gasteiger partial charge < -0.3 is 54.4 Å². The van der Waals surface area contributed by atoms with E-state index in [0.29, 0.717) is 19.8 Å². The molecular weight excluding hydrogens is 757 g/mol. The van der Waals surface area contributed by atoms with Crippen LogP contribution < -0.4 is 0 Å². The van der Waals surface area contributed by atoms with Gasteiger partial charge in [-0.3, -0.25) is 0 Å². The maximum absolute atomic E-state index is 6.70. The maximum Gasteiger partial charge on any atom is 0.643 e. The molecule has 0 aromatic carbocycles. The highest BCUT2D eigenvalue weighted by Crippen LogP contribution is 2.29. The third kappa shape index (κ3) is 21.8. The van der Waals surface area contributed by atoms with Crippen molar-refractivity contribution in [1.82, 2.24) is 0 Å². The van der Waals surface area contributed by atoms with Gasteiger partial charge in [-0.15, -0.1) is 0 Å². The normalized spacial score (nSPS) is 14.6. The van der Waals surface area contributed by atoms with Gasteiger partial charge in [0.05, 0.1) is 0 Å². The van der Waals surface area contributed by atoms with Crippen molar-refractivity contribution in [1.29, 1.82) is 0 Å². The third-order valence-electron chi connectivity index (χ3n) is 4.39. The zero-order chi connectivity index (χ0) is 34.5. The Kier molecular flexibility index (Phi) is 20.7. The summed E-state index contributed by atoms with van der Waals surface area (Å²) in [5.74, 6) is 0. The molecule has 24 heteroatoms. The van der Waals surface area contributed by atoms with Gasteiger partial charge in [0.1, 0.15) is 0 Å². The molecule has 0 N–H and O–H groups in total. The summed E-state index contributed by atoms with van der Waals surface area (Å²) in [6.07, 6.45) is 0. The molecule has 7 radical (unpaired) electrons. The molecule has 0 amide bonds. The van der Waals surface area contributed by atoms with Crippen molar-refractivity contribution < 1.29 is 54.4 Å². The lowest BCUT2D eigenvalue weighted by Gasteiger charge is -2.43. The Bertz CT molecular complexity index is 781. The largest absolute Gasteiger partial charge is 0.643 e. The minimum Gasteiger partial charge on any atom is -0.437 e. The van der Waals surface area contributed by atoms with Gasteiger partial charge in [-0.25, -0.2) is 0 Å². The van der Waals surface area contributed by atoms with Crippen LogP contribution in [0.15, 0.2) is 0 Å². The quantitative estimate of drug-likeness (QED) is 0.0883. The van der Waals surface area contributed by atoms with E-state index >= 15 is 0 Å². The minimum absolute atomic E-state index is 0.347. The van der Waals surface area contributed by atoms with Crippen LogP contribution in [0.2, 0.25) is 91.7 Å². The van der Waals surface area contributed by atoms with Crippen LogP contribution in [0.25, 0.3) is 0 Å². The van der Waals surface area contributed by atoms with Crippen molar-refractivity contribution in [2.75, 3.05) is 19.8 Å². The van der Waals surface area contributed by atoms with Gasteiger partial charge in [-0.2, -0.15) is 0 Å². The van der Waals surface area contributed by atoms with Crippen LogP contribution in [0, 0.1) is 0 Å². The molecule has 259 valence electrons. The van der Waals surface area contributed by atoms with E-state index in [9.17, 15) is 0 Å². The van der Waals surface area contributed by atoms with E-state index in [1.165, 1.54) is 0 Å². The van der Waals surface area contributed by atoms with Gasteiger partial charge in [0, 0.05) is 19.8 Å². The minimum atomic E-state index is -3.78. The molecule has 0 spiro atoms. The van der Waals surface area contributed by atoms with E-state index in [2.05, 4.69) is 39.3 Å². The van der Waals surface area contributed by atoms with Crippen molar-refractivity contribution in [3.63, 3.8) is 0 Å². The molecule has 0 bridgehead atoms. The molecule has 0 aliphatic rings. The van der Waals surface area contributed by atoms with E-state index < -0.39 is 69.5 Å². The first-order valence-corrected chi connectivity index (χ1v) is 38.1. The van der Waals surface area contributed by atoms with Crippen LogP contribution in [0.5, 0.6) is 0 Å². The van der Waals surface area contributed by atoms with Crippen molar-refractivity contribution in [3.05, 3.63) is 0 Å². The van der Waals surface area contributed by atoms with Crippen molar-refractivity contribution in [2.45, 2.75) is 112 Å². The second-order valence-electron chi connectivity index (χ2n) is 12.4. The molecule has 0 aliphatic carbocycles. The van der Waals surface area contributed by atoms with Gasteiger partial charge in [0.2, 0.25) is 0 Å². The van der Waals surface area contributed by atoms with Crippen LogP contribution in [0.4, 0.5) is 0 Å². The van der Waals surface area contributed by atoms with Crippen LogP contribution in [-0.2, 0) is 54.4 Å². The average Bonchev–Trinajstić information content (AvgIpc) is 2.73. The molecule has 0 fully saturated rings. The van der Waals surface area contributed by atoms with Crippen LogP contribution in [0.1, 0.15) is 20.8 Å². The summed E-state index contributed by atoms with van der Waals surface area (Å²) in [7, 11) is -21.8. The molecular formula is C20H57O13Si11. The van der Waals surface area contributed by atoms with E-state index in [1.54, 1.807) is 0 Å². The third-order valence-corrected chi connectivity index (χ3v) is 35.8. The van der Waals surface area contributed by atoms with E-state index in [4.69, 9.17) is 54.4 Å². The Morgan fingerprint density at radius 1 is 0.409 bits per heavy atom. The summed E-state index contributed by atoms with van der Waals surface area (Å²) in [4.78, 5) is 0. The SMILES string of the molecule is CCO[Si]O[Si](O[Si]OCC)(O[Si]OCC)O[Si](C)(C)O[Si](C)(C)O[Si](C)(C)O[Si](C)(C)O[Si](C)(C)O[Si](C)(C)O[Si](C)C. The average molecular weight is 815 g/mol. The Labute approximate surface area is 284 Å². The smallest absolute Gasteiger partial charge is 0.437 e. The van der Waals surface area contributed by atoms with Crippen LogP contribution in [0.3, 0.4) is 0 Å². The van der Waals surface area contributed by atoms with Crippen molar-refractivity contribution in [2.24, 2.45) is 0 Å². The predicted molar refractivity (Wildman–Crippen MR) is 191 cm³/mol. The summed E-state index contributed by atoms with van der Waals surface area (Å²) < 4.78 is 80.3. The predicted octanol–water partition coefficient (Wildman–Crippen LogP) is 4.76. The summed E-state index contributed by atoms with van der Waals surface area (Å²) in [6.45, 7) is 35.4. The fourth-order valence-corrected chi connectivity index (χ4v) is 43.2. The van der Waals surface area contributed by atoms with Gasteiger partial charge in [-0.1, -0.05) is 0 Å². The van der Waals surface area contributed by atoms with Crippen LogP contribution in [-0.4, -0.2) is 119 Å². The highest BCUT2D eigenvalue weighted by atomic mass is 28.5. The Balaban J connectivity index is 5.72. The summed E-state index contributed by atoms with van der Waals surface area (Å²) in [5.41, 5.74) is 0. The highest BCUT2D eigenvalue weighted by molar-refractivity contribution is 6.91. The van der Waals surface area contributed by atoms with E-state index in [1.807, 2.05) is 73.1 Å². The lowest BCUT2D eigenvalue weighted by molar-refractivity contribution is 0.108. The topological polar surface area (TPSA) is 120 Å². The van der Waals surface area contributed by atoms with Gasteiger partial charge in [0.25, 0.3) is 0 Å². The van der Waals surface area contributed by atoms with Crippen molar-refractivity contribution >= 4 is 99.5 Å². The number of hydrogen-bond donors (Lipinski definition) is 0. The number of rotatable bonds is 26. The second-order valence-corrected chi connectivity index (χ2v) is 41.5. The molecule has 0 atom stereocenters. The molecule has 0 rings (SSSR count). The van der Waals surface area contributed by atoms with Gasteiger partial charge >= 0.3 is 90.4 Å². The van der Waals surface area contributed by atoms with Gasteiger partial charge in [-0.05, 0) is 112 Å². The first-order chi connectivity index (χ1) is 19.8. The molecule has 0 saturated carbocycles. The lowest BCUT2D eigenvalue weighted by Crippen LogP contribution is -2.63. The maximum atomic E-state index is 6.70.